The lowest BCUT2D eigenvalue weighted by molar-refractivity contribution is 0.154. The van der Waals surface area contributed by atoms with E-state index in [1.165, 1.54) is 0 Å². The van der Waals surface area contributed by atoms with Gasteiger partial charge in [0, 0.05) is 49.6 Å². The average Bonchev–Trinajstić information content (AvgIpc) is 3.41. The van der Waals surface area contributed by atoms with Gasteiger partial charge in [-0.2, -0.15) is 5.10 Å². The van der Waals surface area contributed by atoms with Gasteiger partial charge in [-0.1, -0.05) is 0 Å². The van der Waals surface area contributed by atoms with Crippen molar-refractivity contribution < 1.29 is 4.74 Å². The fraction of sp³-hybridized carbons (Fsp3) is 0.286. The molecule has 0 saturated carbocycles. The van der Waals surface area contributed by atoms with Gasteiger partial charge in [0.25, 0.3) is 0 Å². The van der Waals surface area contributed by atoms with Crippen molar-refractivity contribution in [2.24, 2.45) is 0 Å². The molecule has 0 aliphatic heterocycles. The molecule has 8 nitrogen and oxygen atoms in total. The Morgan fingerprint density at radius 3 is 2.86 bits per heavy atom. The van der Waals surface area contributed by atoms with Gasteiger partial charge in [0.2, 0.25) is 0 Å². The van der Waals surface area contributed by atoms with Crippen molar-refractivity contribution in [2.45, 2.75) is 13.8 Å². The number of nitrogens with one attached hydrogen (secondary N) is 2. The number of anilines is 3. The smallest absolute Gasteiger partial charge is 0.150 e. The Labute approximate surface area is 169 Å². The van der Waals surface area contributed by atoms with Crippen LogP contribution < -0.4 is 10.2 Å². The second-order valence-electron chi connectivity index (χ2n) is 6.54. The predicted molar refractivity (Wildman–Crippen MR) is 115 cm³/mol. The number of hydrogen-bond donors (Lipinski definition) is 2. The maximum atomic E-state index is 5.56. The molecular weight excluding hydrogens is 366 g/mol. The molecule has 0 atom stereocenters. The zero-order valence-corrected chi connectivity index (χ0v) is 16.7. The van der Waals surface area contributed by atoms with E-state index in [2.05, 4.69) is 44.5 Å². The molecule has 150 valence electrons. The number of ether oxygens (including phenoxy) is 1. The van der Waals surface area contributed by atoms with Gasteiger partial charge < -0.3 is 15.0 Å². The van der Waals surface area contributed by atoms with Crippen LogP contribution in [0.4, 0.5) is 17.2 Å². The lowest BCUT2D eigenvalue weighted by Gasteiger charge is -2.23. The number of H-pyrrole nitrogens is 1. The largest absolute Gasteiger partial charge is 0.380 e. The number of hydrogen-bond acceptors (Lipinski definition) is 6. The Morgan fingerprint density at radius 1 is 1.21 bits per heavy atom. The molecule has 4 aromatic heterocycles. The molecule has 4 aromatic rings. The van der Waals surface area contributed by atoms with Gasteiger partial charge in [0.1, 0.15) is 17.3 Å². The first-order chi connectivity index (χ1) is 14.3. The molecule has 0 aliphatic carbocycles. The molecule has 0 fully saturated rings. The van der Waals surface area contributed by atoms with Crippen LogP contribution in [0.5, 0.6) is 0 Å². The highest BCUT2D eigenvalue weighted by molar-refractivity contribution is 5.94. The van der Waals surface area contributed by atoms with E-state index in [1.54, 1.807) is 12.4 Å². The van der Waals surface area contributed by atoms with Crippen LogP contribution in [0.1, 0.15) is 13.8 Å². The van der Waals surface area contributed by atoms with E-state index < -0.39 is 0 Å². The second kappa shape index (κ2) is 8.74. The Balaban J connectivity index is 1.79. The van der Waals surface area contributed by atoms with Gasteiger partial charge in [-0.3, -0.25) is 14.6 Å². The van der Waals surface area contributed by atoms with Gasteiger partial charge in [0.05, 0.1) is 30.4 Å². The summed E-state index contributed by atoms with van der Waals surface area (Å²) in [5.74, 6) is 1.76. The van der Waals surface area contributed by atoms with Crippen molar-refractivity contribution in [3.8, 4) is 5.82 Å². The average molecular weight is 391 g/mol. The van der Waals surface area contributed by atoms with Crippen LogP contribution in [-0.2, 0) is 4.74 Å². The fourth-order valence-corrected chi connectivity index (χ4v) is 3.28. The van der Waals surface area contributed by atoms with Gasteiger partial charge in [-0.05, 0) is 32.0 Å². The molecule has 0 radical (unpaired) electrons. The van der Waals surface area contributed by atoms with Crippen molar-refractivity contribution >= 4 is 28.2 Å². The monoisotopic (exact) mass is 391 g/mol. The maximum absolute atomic E-state index is 5.56. The Morgan fingerprint density at radius 2 is 2.14 bits per heavy atom. The van der Waals surface area contributed by atoms with Crippen molar-refractivity contribution in [3.63, 3.8) is 0 Å². The van der Waals surface area contributed by atoms with Crippen LogP contribution in [-0.4, -0.2) is 51.0 Å². The summed E-state index contributed by atoms with van der Waals surface area (Å²) in [5, 5.41) is 11.6. The summed E-state index contributed by atoms with van der Waals surface area (Å²) in [7, 11) is 0. The van der Waals surface area contributed by atoms with E-state index in [-0.39, 0.29) is 0 Å². The van der Waals surface area contributed by atoms with Crippen molar-refractivity contribution in [3.05, 3.63) is 55.1 Å². The zero-order chi connectivity index (χ0) is 20.1. The summed E-state index contributed by atoms with van der Waals surface area (Å²) in [6.45, 7) is 7.12. The van der Waals surface area contributed by atoms with E-state index in [9.17, 15) is 0 Å². The van der Waals surface area contributed by atoms with Crippen molar-refractivity contribution in [1.82, 2.24) is 24.7 Å². The number of rotatable bonds is 9. The normalized spacial score (nSPS) is 11.1. The minimum atomic E-state index is 0.664. The molecule has 0 amide bonds. The van der Waals surface area contributed by atoms with E-state index >= 15 is 0 Å². The molecule has 0 saturated heterocycles. The molecule has 0 aliphatic rings. The number of aromatic amines is 1. The van der Waals surface area contributed by atoms with Crippen LogP contribution in [0.3, 0.4) is 0 Å². The number of fused-ring (bicyclic) bond motifs is 1. The van der Waals surface area contributed by atoms with Gasteiger partial charge in [0.15, 0.2) is 0 Å². The van der Waals surface area contributed by atoms with Crippen LogP contribution in [0.15, 0.2) is 55.1 Å². The Hall–Kier alpha value is -3.39. The molecule has 8 heteroatoms. The molecule has 4 heterocycles. The van der Waals surface area contributed by atoms with Crippen LogP contribution in [0.25, 0.3) is 16.9 Å². The first kappa shape index (κ1) is 18.9. The molecule has 0 spiro atoms. The SMILES string of the molecule is CCOCCN(CC)c1cc(Nc2cccnc2)c2ccn(-c3ccn[nH]3)c2n1. The summed E-state index contributed by atoms with van der Waals surface area (Å²) >= 11 is 0. The summed E-state index contributed by atoms with van der Waals surface area (Å²) in [6.07, 6.45) is 7.31. The van der Waals surface area contributed by atoms with Crippen LogP contribution in [0.2, 0.25) is 0 Å². The lowest BCUT2D eigenvalue weighted by atomic mass is 10.2. The second-order valence-corrected chi connectivity index (χ2v) is 6.54. The molecule has 0 bridgehead atoms. The predicted octanol–water partition coefficient (Wildman–Crippen LogP) is 3.75. The Bertz CT molecular complexity index is 1040. The van der Waals surface area contributed by atoms with E-state index in [0.29, 0.717) is 13.2 Å². The first-order valence-electron chi connectivity index (χ1n) is 9.81. The van der Waals surface area contributed by atoms with Gasteiger partial charge in [-0.15, -0.1) is 0 Å². The summed E-state index contributed by atoms with van der Waals surface area (Å²) in [4.78, 5) is 11.4. The summed E-state index contributed by atoms with van der Waals surface area (Å²) < 4.78 is 7.57. The topological polar surface area (TPSA) is 83.9 Å². The van der Waals surface area contributed by atoms with Crippen molar-refractivity contribution in [1.29, 1.82) is 0 Å². The van der Waals surface area contributed by atoms with E-state index in [4.69, 9.17) is 9.72 Å². The highest BCUT2D eigenvalue weighted by Crippen LogP contribution is 2.31. The Kier molecular flexibility index (Phi) is 5.71. The van der Waals surface area contributed by atoms with Crippen molar-refractivity contribution in [2.75, 3.05) is 36.5 Å². The lowest BCUT2D eigenvalue weighted by Crippen LogP contribution is -2.28. The minimum Gasteiger partial charge on any atom is -0.380 e. The summed E-state index contributed by atoms with van der Waals surface area (Å²) in [5.41, 5.74) is 2.76. The number of nitrogens with zero attached hydrogens (tertiary/aromatic N) is 5. The first-order valence-corrected chi connectivity index (χ1v) is 9.81. The third-order valence-corrected chi connectivity index (χ3v) is 4.74. The minimum absolute atomic E-state index is 0.664. The third-order valence-electron chi connectivity index (χ3n) is 4.74. The zero-order valence-electron chi connectivity index (χ0n) is 16.7. The van der Waals surface area contributed by atoms with Crippen LogP contribution >= 0.6 is 0 Å². The van der Waals surface area contributed by atoms with E-state index in [1.807, 2.05) is 42.1 Å². The molecule has 2 N–H and O–H groups in total. The third kappa shape index (κ3) is 4.07. The highest BCUT2D eigenvalue weighted by Gasteiger charge is 2.15. The quantitative estimate of drug-likeness (QED) is 0.423. The van der Waals surface area contributed by atoms with E-state index in [0.717, 1.165) is 47.1 Å². The molecule has 0 aromatic carbocycles. The van der Waals surface area contributed by atoms with Gasteiger partial charge >= 0.3 is 0 Å². The molecule has 0 unspecified atom stereocenters. The van der Waals surface area contributed by atoms with Crippen LogP contribution in [0, 0.1) is 0 Å². The number of aromatic nitrogens is 5. The number of likely N-dealkylation sites (N-methyl/N-ethyl adjacent to an activating group) is 1. The maximum Gasteiger partial charge on any atom is 0.150 e. The highest BCUT2D eigenvalue weighted by atomic mass is 16.5. The molecule has 29 heavy (non-hydrogen) atoms. The van der Waals surface area contributed by atoms with Gasteiger partial charge in [-0.25, -0.2) is 4.98 Å². The fourth-order valence-electron chi connectivity index (χ4n) is 3.28. The number of pyridine rings is 2. The standard InChI is InChI=1S/C21H25N7O/c1-3-27(12-13-29-4-2)20-14-18(24-16-6-5-9-22-15-16)17-8-11-28(21(17)25-20)19-7-10-23-26-19/h5-11,14-15H,3-4,12-13H2,1-2H3,(H,23,26)(H,24,25). The summed E-state index contributed by atoms with van der Waals surface area (Å²) in [6, 6.07) is 9.98. The molecular formula is C21H25N7O. The molecule has 4 rings (SSSR count).